The lowest BCUT2D eigenvalue weighted by Gasteiger charge is -2.36. The monoisotopic (exact) mass is 211 g/mol. The van der Waals surface area contributed by atoms with E-state index in [2.05, 4.69) is 12.4 Å². The Labute approximate surface area is 93.8 Å². The SMILES string of the molecule is CNC(CCC1CC1)C1(OC)CCCC1. The second kappa shape index (κ2) is 4.84. The summed E-state index contributed by atoms with van der Waals surface area (Å²) in [5.74, 6) is 1.04. The molecule has 1 N–H and O–H groups in total. The molecular formula is C13H25NO. The zero-order chi connectivity index (χ0) is 10.7. The van der Waals surface area contributed by atoms with Crippen LogP contribution in [0.1, 0.15) is 51.4 Å². The molecule has 1 atom stereocenters. The summed E-state index contributed by atoms with van der Waals surface area (Å²) in [5, 5.41) is 3.49. The highest BCUT2D eigenvalue weighted by atomic mass is 16.5. The van der Waals surface area contributed by atoms with Gasteiger partial charge in [0.25, 0.3) is 0 Å². The Bertz CT molecular complexity index is 195. The Balaban J connectivity index is 1.89. The van der Waals surface area contributed by atoms with E-state index in [-0.39, 0.29) is 5.60 Å². The molecule has 2 saturated carbocycles. The van der Waals surface area contributed by atoms with Gasteiger partial charge in [0.2, 0.25) is 0 Å². The van der Waals surface area contributed by atoms with Gasteiger partial charge in [0, 0.05) is 13.2 Å². The summed E-state index contributed by atoms with van der Waals surface area (Å²) in [6.45, 7) is 0. The molecule has 88 valence electrons. The maximum Gasteiger partial charge on any atom is 0.0830 e. The number of hydrogen-bond donors (Lipinski definition) is 1. The van der Waals surface area contributed by atoms with Crippen LogP contribution in [-0.4, -0.2) is 25.8 Å². The maximum atomic E-state index is 5.84. The van der Waals surface area contributed by atoms with Crippen molar-refractivity contribution in [1.82, 2.24) is 5.32 Å². The van der Waals surface area contributed by atoms with E-state index < -0.39 is 0 Å². The van der Waals surface area contributed by atoms with Gasteiger partial charge in [-0.15, -0.1) is 0 Å². The van der Waals surface area contributed by atoms with Crippen LogP contribution in [0.4, 0.5) is 0 Å². The van der Waals surface area contributed by atoms with E-state index in [1.807, 2.05) is 7.11 Å². The van der Waals surface area contributed by atoms with Crippen LogP contribution in [-0.2, 0) is 4.74 Å². The van der Waals surface area contributed by atoms with Crippen molar-refractivity contribution < 1.29 is 4.74 Å². The van der Waals surface area contributed by atoms with Crippen LogP contribution in [0, 0.1) is 5.92 Å². The molecule has 0 aromatic heterocycles. The van der Waals surface area contributed by atoms with Gasteiger partial charge < -0.3 is 10.1 Å². The van der Waals surface area contributed by atoms with Crippen LogP contribution >= 0.6 is 0 Å². The zero-order valence-corrected chi connectivity index (χ0v) is 10.2. The number of rotatable bonds is 6. The molecule has 0 heterocycles. The molecule has 0 bridgehead atoms. The highest BCUT2D eigenvalue weighted by Crippen LogP contribution is 2.40. The number of hydrogen-bond acceptors (Lipinski definition) is 2. The van der Waals surface area contributed by atoms with E-state index in [1.54, 1.807) is 0 Å². The van der Waals surface area contributed by atoms with Gasteiger partial charge in [0.05, 0.1) is 5.60 Å². The molecule has 0 saturated heterocycles. The third-order valence-corrected chi connectivity index (χ3v) is 4.40. The zero-order valence-electron chi connectivity index (χ0n) is 10.2. The molecular weight excluding hydrogens is 186 g/mol. The lowest BCUT2D eigenvalue weighted by molar-refractivity contribution is -0.0366. The number of nitrogens with one attached hydrogen (secondary N) is 1. The van der Waals surface area contributed by atoms with Crippen LogP contribution < -0.4 is 5.32 Å². The lowest BCUT2D eigenvalue weighted by Crippen LogP contribution is -2.49. The third-order valence-electron chi connectivity index (χ3n) is 4.40. The fraction of sp³-hybridized carbons (Fsp3) is 1.00. The Morgan fingerprint density at radius 3 is 2.47 bits per heavy atom. The minimum absolute atomic E-state index is 0.156. The average molecular weight is 211 g/mol. The van der Waals surface area contributed by atoms with Crippen LogP contribution in [0.2, 0.25) is 0 Å². The smallest absolute Gasteiger partial charge is 0.0830 e. The van der Waals surface area contributed by atoms with E-state index in [0.29, 0.717) is 6.04 Å². The van der Waals surface area contributed by atoms with E-state index in [0.717, 1.165) is 5.92 Å². The summed E-state index contributed by atoms with van der Waals surface area (Å²) < 4.78 is 5.84. The number of ether oxygens (including phenoxy) is 1. The van der Waals surface area contributed by atoms with Gasteiger partial charge in [0.15, 0.2) is 0 Å². The van der Waals surface area contributed by atoms with Crippen molar-refractivity contribution in [1.29, 1.82) is 0 Å². The Kier molecular flexibility index (Phi) is 3.68. The Hall–Kier alpha value is -0.0800. The van der Waals surface area contributed by atoms with Gasteiger partial charge >= 0.3 is 0 Å². The van der Waals surface area contributed by atoms with Crippen molar-refractivity contribution in [3.63, 3.8) is 0 Å². The minimum atomic E-state index is 0.156. The van der Waals surface area contributed by atoms with Gasteiger partial charge in [-0.05, 0) is 38.6 Å². The first-order valence-corrected chi connectivity index (χ1v) is 6.53. The largest absolute Gasteiger partial charge is 0.377 e. The van der Waals surface area contributed by atoms with Crippen LogP contribution in [0.3, 0.4) is 0 Å². The number of likely N-dealkylation sites (N-methyl/N-ethyl adjacent to an activating group) is 1. The Morgan fingerprint density at radius 1 is 1.33 bits per heavy atom. The first-order valence-electron chi connectivity index (χ1n) is 6.53. The van der Waals surface area contributed by atoms with Crippen molar-refractivity contribution in [3.05, 3.63) is 0 Å². The van der Waals surface area contributed by atoms with E-state index >= 15 is 0 Å². The molecule has 0 radical (unpaired) electrons. The second-order valence-corrected chi connectivity index (χ2v) is 5.34. The minimum Gasteiger partial charge on any atom is -0.377 e. The molecule has 2 aliphatic rings. The Morgan fingerprint density at radius 2 is 2.00 bits per heavy atom. The summed E-state index contributed by atoms with van der Waals surface area (Å²) in [6.07, 6.45) is 10.8. The molecule has 2 aliphatic carbocycles. The normalized spacial score (nSPS) is 26.8. The molecule has 0 aromatic rings. The van der Waals surface area contributed by atoms with Gasteiger partial charge in [-0.25, -0.2) is 0 Å². The molecule has 0 aliphatic heterocycles. The second-order valence-electron chi connectivity index (χ2n) is 5.34. The fourth-order valence-electron chi connectivity index (χ4n) is 3.15. The lowest BCUT2D eigenvalue weighted by atomic mass is 9.88. The van der Waals surface area contributed by atoms with E-state index in [4.69, 9.17) is 4.74 Å². The van der Waals surface area contributed by atoms with Crippen molar-refractivity contribution in [2.75, 3.05) is 14.2 Å². The molecule has 2 nitrogen and oxygen atoms in total. The summed E-state index contributed by atoms with van der Waals surface area (Å²) in [6, 6.07) is 0.575. The molecule has 0 spiro atoms. The van der Waals surface area contributed by atoms with Crippen molar-refractivity contribution in [2.24, 2.45) is 5.92 Å². The number of methoxy groups -OCH3 is 1. The summed E-state index contributed by atoms with van der Waals surface area (Å²) in [5.41, 5.74) is 0.156. The summed E-state index contributed by atoms with van der Waals surface area (Å²) in [7, 11) is 3.99. The summed E-state index contributed by atoms with van der Waals surface area (Å²) in [4.78, 5) is 0. The molecule has 15 heavy (non-hydrogen) atoms. The summed E-state index contributed by atoms with van der Waals surface area (Å²) >= 11 is 0. The van der Waals surface area contributed by atoms with Crippen molar-refractivity contribution >= 4 is 0 Å². The van der Waals surface area contributed by atoms with Crippen LogP contribution in [0.25, 0.3) is 0 Å². The van der Waals surface area contributed by atoms with Crippen molar-refractivity contribution in [3.8, 4) is 0 Å². The first-order chi connectivity index (χ1) is 7.30. The molecule has 0 aromatic carbocycles. The standard InChI is InChI=1S/C13H25NO/c1-14-12(8-7-11-5-6-11)13(15-2)9-3-4-10-13/h11-12,14H,3-10H2,1-2H3. The van der Waals surface area contributed by atoms with Crippen LogP contribution in [0.5, 0.6) is 0 Å². The third kappa shape index (κ3) is 2.54. The van der Waals surface area contributed by atoms with Gasteiger partial charge in [0.1, 0.15) is 0 Å². The molecule has 2 heteroatoms. The predicted molar refractivity (Wildman–Crippen MR) is 63.0 cm³/mol. The van der Waals surface area contributed by atoms with E-state index in [1.165, 1.54) is 51.4 Å². The fourth-order valence-corrected chi connectivity index (χ4v) is 3.15. The highest BCUT2D eigenvalue weighted by molar-refractivity contribution is 4.96. The maximum absolute atomic E-state index is 5.84. The quantitative estimate of drug-likeness (QED) is 0.729. The molecule has 0 amide bonds. The molecule has 2 fully saturated rings. The molecule has 1 unspecified atom stereocenters. The van der Waals surface area contributed by atoms with Gasteiger partial charge in [-0.2, -0.15) is 0 Å². The van der Waals surface area contributed by atoms with E-state index in [9.17, 15) is 0 Å². The van der Waals surface area contributed by atoms with Crippen molar-refractivity contribution in [2.45, 2.75) is 63.0 Å². The topological polar surface area (TPSA) is 21.3 Å². The average Bonchev–Trinajstić information content (AvgIpc) is 2.96. The predicted octanol–water partition coefficient (Wildman–Crippen LogP) is 2.72. The van der Waals surface area contributed by atoms with Gasteiger partial charge in [-0.3, -0.25) is 0 Å². The van der Waals surface area contributed by atoms with Crippen LogP contribution in [0.15, 0.2) is 0 Å². The highest BCUT2D eigenvalue weighted by Gasteiger charge is 2.41. The molecule has 2 rings (SSSR count). The first kappa shape index (κ1) is 11.4. The van der Waals surface area contributed by atoms with Gasteiger partial charge in [-0.1, -0.05) is 25.7 Å².